The number of thiophene rings is 1. The average molecular weight is 275 g/mol. The smallest absolute Gasteiger partial charge is 0.271 e. The van der Waals surface area contributed by atoms with Crippen LogP contribution in [0.5, 0.6) is 0 Å². The van der Waals surface area contributed by atoms with E-state index in [0.717, 1.165) is 11.3 Å². The Morgan fingerprint density at radius 3 is 2.53 bits per heavy atom. The zero-order valence-electron chi connectivity index (χ0n) is 11.5. The first-order valence-corrected chi connectivity index (χ1v) is 6.95. The lowest BCUT2D eigenvalue weighted by molar-refractivity contribution is 0.0934. The van der Waals surface area contributed by atoms with Crippen LogP contribution in [0.2, 0.25) is 0 Å². The minimum atomic E-state index is -0.191. The molecule has 1 unspecified atom stereocenters. The average Bonchev–Trinajstić information content (AvgIpc) is 2.69. The van der Waals surface area contributed by atoms with Gasteiger partial charge < -0.3 is 5.32 Å². The summed E-state index contributed by atoms with van der Waals surface area (Å²) in [7, 11) is 0. The second-order valence-corrected chi connectivity index (χ2v) is 6.07. The molecule has 0 fully saturated rings. The fraction of sp³-hybridized carbons (Fsp3) is 0.357. The third kappa shape index (κ3) is 3.17. The summed E-state index contributed by atoms with van der Waals surface area (Å²) >= 11 is 1.74. The van der Waals surface area contributed by atoms with Crippen LogP contribution in [0.3, 0.4) is 0 Å². The van der Waals surface area contributed by atoms with Crippen LogP contribution in [0, 0.1) is 20.8 Å². The zero-order chi connectivity index (χ0) is 14.0. The van der Waals surface area contributed by atoms with E-state index in [1.54, 1.807) is 17.5 Å². The Labute approximate surface area is 116 Å². The van der Waals surface area contributed by atoms with Gasteiger partial charge in [0.2, 0.25) is 0 Å². The summed E-state index contributed by atoms with van der Waals surface area (Å²) < 4.78 is 0. The molecule has 0 radical (unpaired) electrons. The minimum absolute atomic E-state index is 0.0273. The predicted octanol–water partition coefficient (Wildman–Crippen LogP) is 2.95. The van der Waals surface area contributed by atoms with Crippen LogP contribution in [0.15, 0.2) is 18.5 Å². The number of hydrogen-bond donors (Lipinski definition) is 1. The number of nitrogens with one attached hydrogen (secondary N) is 1. The number of carbonyl (C=O) groups excluding carboxylic acids is 1. The van der Waals surface area contributed by atoms with E-state index in [1.807, 2.05) is 13.8 Å². The van der Waals surface area contributed by atoms with Crippen molar-refractivity contribution < 1.29 is 4.79 Å². The van der Waals surface area contributed by atoms with Crippen molar-refractivity contribution in [2.75, 3.05) is 0 Å². The Hall–Kier alpha value is -1.75. The van der Waals surface area contributed by atoms with Crippen LogP contribution >= 0.6 is 11.3 Å². The van der Waals surface area contributed by atoms with Crippen molar-refractivity contribution in [3.8, 4) is 0 Å². The maximum Gasteiger partial charge on any atom is 0.271 e. The van der Waals surface area contributed by atoms with Crippen molar-refractivity contribution in [3.63, 3.8) is 0 Å². The van der Waals surface area contributed by atoms with Gasteiger partial charge in [-0.25, -0.2) is 4.98 Å². The fourth-order valence-corrected chi connectivity index (χ4v) is 2.96. The first-order valence-electron chi connectivity index (χ1n) is 6.14. The standard InChI is InChI=1S/C14H17N3OS/c1-8-6-16-13(7-15-8)14(18)17-10(3)12-5-9(2)19-11(12)4/h5-7,10H,1-4H3,(H,17,18). The Morgan fingerprint density at radius 1 is 1.26 bits per heavy atom. The van der Waals surface area contributed by atoms with E-state index >= 15 is 0 Å². The number of aromatic nitrogens is 2. The summed E-state index contributed by atoms with van der Waals surface area (Å²) in [5.41, 5.74) is 2.31. The molecule has 4 nitrogen and oxygen atoms in total. The lowest BCUT2D eigenvalue weighted by atomic mass is 10.1. The number of aryl methyl sites for hydroxylation is 3. The normalized spacial score (nSPS) is 12.2. The molecule has 0 saturated carbocycles. The third-order valence-corrected chi connectivity index (χ3v) is 3.89. The van der Waals surface area contributed by atoms with Crippen LogP contribution in [0.25, 0.3) is 0 Å². The summed E-state index contributed by atoms with van der Waals surface area (Å²) in [5.74, 6) is -0.191. The van der Waals surface area contributed by atoms with Crippen LogP contribution in [-0.4, -0.2) is 15.9 Å². The van der Waals surface area contributed by atoms with Gasteiger partial charge in [0.25, 0.3) is 5.91 Å². The summed E-state index contributed by atoms with van der Waals surface area (Å²) in [6.45, 7) is 7.96. The molecule has 2 aromatic rings. The van der Waals surface area contributed by atoms with Gasteiger partial charge in [-0.05, 0) is 39.3 Å². The van der Waals surface area contributed by atoms with Crippen LogP contribution in [-0.2, 0) is 0 Å². The van der Waals surface area contributed by atoms with Crippen molar-refractivity contribution in [2.24, 2.45) is 0 Å². The lowest BCUT2D eigenvalue weighted by Gasteiger charge is -2.13. The van der Waals surface area contributed by atoms with Gasteiger partial charge in [0.05, 0.1) is 17.9 Å². The van der Waals surface area contributed by atoms with Gasteiger partial charge in [-0.3, -0.25) is 9.78 Å². The molecule has 0 aliphatic carbocycles. The van der Waals surface area contributed by atoms with Crippen LogP contribution < -0.4 is 5.32 Å². The molecule has 0 aliphatic heterocycles. The molecule has 0 saturated heterocycles. The van der Waals surface area contributed by atoms with Gasteiger partial charge in [-0.1, -0.05) is 0 Å². The third-order valence-electron chi connectivity index (χ3n) is 2.91. The Morgan fingerprint density at radius 2 is 2.00 bits per heavy atom. The first kappa shape index (κ1) is 13.7. The second kappa shape index (κ2) is 5.48. The van der Waals surface area contributed by atoms with E-state index in [0.29, 0.717) is 5.69 Å². The second-order valence-electron chi connectivity index (χ2n) is 4.61. The number of nitrogens with zero attached hydrogens (tertiary/aromatic N) is 2. The SMILES string of the molecule is Cc1cnc(C(=O)NC(C)c2cc(C)sc2C)cn1. The van der Waals surface area contributed by atoms with Crippen molar-refractivity contribution in [1.82, 2.24) is 15.3 Å². The molecule has 19 heavy (non-hydrogen) atoms. The molecule has 1 amide bonds. The quantitative estimate of drug-likeness (QED) is 0.937. The Kier molecular flexibility index (Phi) is 3.95. The Balaban J connectivity index is 2.10. The van der Waals surface area contributed by atoms with Gasteiger partial charge in [0, 0.05) is 16.0 Å². The van der Waals surface area contributed by atoms with Gasteiger partial charge in [-0.2, -0.15) is 0 Å². The van der Waals surface area contributed by atoms with E-state index in [4.69, 9.17) is 0 Å². The molecule has 0 spiro atoms. The molecule has 100 valence electrons. The van der Waals surface area contributed by atoms with Crippen LogP contribution in [0.1, 0.15) is 44.5 Å². The van der Waals surface area contributed by atoms with Crippen molar-refractivity contribution in [3.05, 3.63) is 45.2 Å². The van der Waals surface area contributed by atoms with Crippen molar-refractivity contribution in [2.45, 2.75) is 33.7 Å². The zero-order valence-corrected chi connectivity index (χ0v) is 12.3. The summed E-state index contributed by atoms with van der Waals surface area (Å²) in [6.07, 6.45) is 3.10. The van der Waals surface area contributed by atoms with Crippen molar-refractivity contribution in [1.29, 1.82) is 0 Å². The van der Waals surface area contributed by atoms with E-state index in [1.165, 1.54) is 16.0 Å². The van der Waals surface area contributed by atoms with Gasteiger partial charge in [-0.15, -0.1) is 11.3 Å². The molecule has 2 heterocycles. The van der Waals surface area contributed by atoms with E-state index in [2.05, 4.69) is 35.2 Å². The molecule has 1 N–H and O–H groups in total. The highest BCUT2D eigenvalue weighted by molar-refractivity contribution is 7.12. The highest BCUT2D eigenvalue weighted by atomic mass is 32.1. The topological polar surface area (TPSA) is 54.9 Å². The van der Waals surface area contributed by atoms with E-state index in [-0.39, 0.29) is 11.9 Å². The molecule has 2 rings (SSSR count). The molecule has 0 bridgehead atoms. The summed E-state index contributed by atoms with van der Waals surface area (Å²) in [4.78, 5) is 22.7. The number of amides is 1. The Bertz CT molecular complexity index is 589. The molecule has 2 aromatic heterocycles. The highest BCUT2D eigenvalue weighted by Gasteiger charge is 2.15. The summed E-state index contributed by atoms with van der Waals surface area (Å²) in [5, 5.41) is 2.95. The molecule has 1 atom stereocenters. The van der Waals surface area contributed by atoms with Gasteiger partial charge >= 0.3 is 0 Å². The van der Waals surface area contributed by atoms with Crippen LogP contribution in [0.4, 0.5) is 0 Å². The first-order chi connectivity index (χ1) is 8.97. The molecule has 5 heteroatoms. The van der Waals surface area contributed by atoms with Crippen molar-refractivity contribution >= 4 is 17.2 Å². The number of hydrogen-bond acceptors (Lipinski definition) is 4. The molecule has 0 aromatic carbocycles. The minimum Gasteiger partial charge on any atom is -0.344 e. The fourth-order valence-electron chi connectivity index (χ4n) is 1.94. The number of rotatable bonds is 3. The highest BCUT2D eigenvalue weighted by Crippen LogP contribution is 2.26. The van der Waals surface area contributed by atoms with Gasteiger partial charge in [0.1, 0.15) is 5.69 Å². The summed E-state index contributed by atoms with van der Waals surface area (Å²) in [6, 6.07) is 2.09. The van der Waals surface area contributed by atoms with E-state index < -0.39 is 0 Å². The lowest BCUT2D eigenvalue weighted by Crippen LogP contribution is -2.27. The van der Waals surface area contributed by atoms with Gasteiger partial charge in [0.15, 0.2) is 0 Å². The maximum absolute atomic E-state index is 12.0. The van der Waals surface area contributed by atoms with E-state index in [9.17, 15) is 4.79 Å². The maximum atomic E-state index is 12.0. The largest absolute Gasteiger partial charge is 0.344 e. The molecular formula is C14H17N3OS. The molecule has 0 aliphatic rings. The number of carbonyl (C=O) groups is 1. The monoisotopic (exact) mass is 275 g/mol. The predicted molar refractivity (Wildman–Crippen MR) is 76.4 cm³/mol. The molecular weight excluding hydrogens is 258 g/mol.